The third-order valence-electron chi connectivity index (χ3n) is 3.46. The maximum atomic E-state index is 10.8. The van der Waals surface area contributed by atoms with E-state index in [0.29, 0.717) is 19.6 Å². The fourth-order valence-electron chi connectivity index (χ4n) is 2.08. The summed E-state index contributed by atoms with van der Waals surface area (Å²) in [6.45, 7) is 5.23. The van der Waals surface area contributed by atoms with Gasteiger partial charge in [-0.2, -0.15) is 0 Å². The number of rotatable bonds is 7. The molecule has 0 unspecified atom stereocenters. The molecule has 0 radical (unpaired) electrons. The van der Waals surface area contributed by atoms with Crippen LogP contribution in [0.15, 0.2) is 30.3 Å². The van der Waals surface area contributed by atoms with Gasteiger partial charge in [0.2, 0.25) is 0 Å². The summed E-state index contributed by atoms with van der Waals surface area (Å²) >= 11 is 0. The Balaban J connectivity index is 2.87. The zero-order valence-corrected chi connectivity index (χ0v) is 12.8. The number of nitrogens with zero attached hydrogens (tertiary/aromatic N) is 1. The van der Waals surface area contributed by atoms with Crippen molar-refractivity contribution in [2.24, 2.45) is 5.92 Å². The second-order valence-electron chi connectivity index (χ2n) is 5.31. The van der Waals surface area contributed by atoms with Crippen LogP contribution in [0.25, 0.3) is 0 Å². The van der Waals surface area contributed by atoms with Gasteiger partial charge in [-0.15, -0.1) is 0 Å². The summed E-state index contributed by atoms with van der Waals surface area (Å²) in [6, 6.07) is 9.41. The van der Waals surface area contributed by atoms with E-state index in [1.807, 2.05) is 49.1 Å². The molecule has 3 N–H and O–H groups in total. The molecule has 0 fully saturated rings. The van der Waals surface area contributed by atoms with E-state index >= 15 is 0 Å². The Morgan fingerprint density at radius 1 is 1.10 bits per heavy atom. The Kier molecular flexibility index (Phi) is 7.41. The first kappa shape index (κ1) is 17.7. The van der Waals surface area contributed by atoms with Crippen molar-refractivity contribution in [2.75, 3.05) is 32.8 Å². The minimum absolute atomic E-state index is 0.0226. The van der Waals surface area contributed by atoms with Crippen molar-refractivity contribution in [1.29, 1.82) is 0 Å². The van der Waals surface area contributed by atoms with Crippen LogP contribution in [0.3, 0.4) is 0 Å². The van der Waals surface area contributed by atoms with Crippen molar-refractivity contribution in [3.63, 3.8) is 0 Å². The van der Waals surface area contributed by atoms with Crippen LogP contribution in [-0.4, -0.2) is 53.1 Å². The highest BCUT2D eigenvalue weighted by atomic mass is 16.3. The number of hydrogen-bond donors (Lipinski definition) is 3. The quantitative estimate of drug-likeness (QED) is 0.651. The average Bonchev–Trinajstić information content (AvgIpc) is 2.48. The van der Waals surface area contributed by atoms with Gasteiger partial charge in [0.05, 0.1) is 19.8 Å². The molecule has 0 aliphatic heterocycles. The standard InChI is InChI=1S/C17H25NO3/c1-15(2)17(21,16-7-4-3-5-8-16)9-6-10-18(11-13-19)12-14-20/h3-5,7-8,15,19-21H,10-14H2,1-2H3/t17-/m0/s1. The highest BCUT2D eigenvalue weighted by Crippen LogP contribution is 2.28. The second kappa shape index (κ2) is 8.81. The van der Waals surface area contributed by atoms with Crippen LogP contribution in [-0.2, 0) is 5.60 Å². The molecule has 4 heteroatoms. The number of aliphatic hydroxyl groups excluding tert-OH is 2. The smallest absolute Gasteiger partial charge is 0.153 e. The van der Waals surface area contributed by atoms with Crippen molar-refractivity contribution < 1.29 is 15.3 Å². The van der Waals surface area contributed by atoms with Crippen molar-refractivity contribution in [1.82, 2.24) is 4.90 Å². The van der Waals surface area contributed by atoms with E-state index in [1.165, 1.54) is 0 Å². The van der Waals surface area contributed by atoms with Crippen molar-refractivity contribution in [2.45, 2.75) is 19.4 Å². The van der Waals surface area contributed by atoms with Gasteiger partial charge >= 0.3 is 0 Å². The van der Waals surface area contributed by atoms with Crippen LogP contribution >= 0.6 is 0 Å². The fourth-order valence-corrected chi connectivity index (χ4v) is 2.08. The summed E-state index contributed by atoms with van der Waals surface area (Å²) in [5.74, 6) is 5.89. The van der Waals surface area contributed by atoms with Crippen LogP contribution in [0.5, 0.6) is 0 Å². The molecule has 0 aliphatic rings. The molecule has 1 aromatic rings. The molecule has 0 saturated carbocycles. The van der Waals surface area contributed by atoms with Gasteiger partial charge in [-0.05, 0) is 11.5 Å². The fraction of sp³-hybridized carbons (Fsp3) is 0.529. The minimum atomic E-state index is -1.19. The van der Waals surface area contributed by atoms with E-state index in [1.54, 1.807) is 0 Å². The Bertz CT molecular complexity index is 458. The van der Waals surface area contributed by atoms with E-state index < -0.39 is 5.60 Å². The van der Waals surface area contributed by atoms with Gasteiger partial charge in [0.15, 0.2) is 5.60 Å². The molecule has 4 nitrogen and oxygen atoms in total. The average molecular weight is 291 g/mol. The van der Waals surface area contributed by atoms with Gasteiger partial charge in [-0.1, -0.05) is 56.0 Å². The number of benzene rings is 1. The van der Waals surface area contributed by atoms with E-state index in [9.17, 15) is 5.11 Å². The zero-order chi connectivity index (χ0) is 15.7. The predicted octanol–water partition coefficient (Wildman–Crippen LogP) is 0.820. The molecule has 0 spiro atoms. The van der Waals surface area contributed by atoms with Crippen LogP contribution in [0.4, 0.5) is 0 Å². The molecule has 1 atom stereocenters. The molecule has 21 heavy (non-hydrogen) atoms. The van der Waals surface area contributed by atoms with Crippen LogP contribution in [0, 0.1) is 17.8 Å². The zero-order valence-electron chi connectivity index (χ0n) is 12.8. The van der Waals surface area contributed by atoms with Crippen molar-refractivity contribution in [3.8, 4) is 11.8 Å². The minimum Gasteiger partial charge on any atom is -0.395 e. The van der Waals surface area contributed by atoms with Gasteiger partial charge < -0.3 is 15.3 Å². The monoisotopic (exact) mass is 291 g/mol. The van der Waals surface area contributed by atoms with Crippen molar-refractivity contribution in [3.05, 3.63) is 35.9 Å². The molecule has 0 bridgehead atoms. The van der Waals surface area contributed by atoms with Crippen LogP contribution < -0.4 is 0 Å². The Hall–Kier alpha value is -1.38. The lowest BCUT2D eigenvalue weighted by molar-refractivity contribution is 0.0501. The summed E-state index contributed by atoms with van der Waals surface area (Å²) in [5, 5.41) is 28.8. The summed E-state index contributed by atoms with van der Waals surface area (Å²) in [5.41, 5.74) is -0.408. The van der Waals surface area contributed by atoms with Gasteiger partial charge in [-0.25, -0.2) is 0 Å². The first-order chi connectivity index (χ1) is 10.0. The second-order valence-corrected chi connectivity index (χ2v) is 5.31. The third-order valence-corrected chi connectivity index (χ3v) is 3.46. The highest BCUT2D eigenvalue weighted by Gasteiger charge is 2.30. The first-order valence-corrected chi connectivity index (χ1v) is 7.26. The molecule has 0 aromatic heterocycles. The third kappa shape index (κ3) is 5.14. The summed E-state index contributed by atoms with van der Waals surface area (Å²) in [6.07, 6.45) is 0. The number of aliphatic hydroxyl groups is 3. The number of hydrogen-bond acceptors (Lipinski definition) is 4. The maximum absolute atomic E-state index is 10.8. The molecule has 0 amide bonds. The Morgan fingerprint density at radius 2 is 1.67 bits per heavy atom. The maximum Gasteiger partial charge on any atom is 0.153 e. The topological polar surface area (TPSA) is 63.9 Å². The van der Waals surface area contributed by atoms with Gasteiger partial charge in [0, 0.05) is 13.1 Å². The van der Waals surface area contributed by atoms with E-state index in [0.717, 1.165) is 5.56 Å². The molecular weight excluding hydrogens is 266 g/mol. The predicted molar refractivity (Wildman–Crippen MR) is 83.6 cm³/mol. The molecule has 0 saturated heterocycles. The van der Waals surface area contributed by atoms with Crippen LogP contribution in [0.1, 0.15) is 19.4 Å². The van der Waals surface area contributed by atoms with E-state index in [4.69, 9.17) is 10.2 Å². The first-order valence-electron chi connectivity index (χ1n) is 7.26. The Morgan fingerprint density at radius 3 is 2.14 bits per heavy atom. The molecule has 1 rings (SSSR count). The molecule has 0 aliphatic carbocycles. The summed E-state index contributed by atoms with van der Waals surface area (Å²) in [4.78, 5) is 1.85. The molecule has 0 heterocycles. The van der Waals surface area contributed by atoms with Gasteiger partial charge in [0.25, 0.3) is 0 Å². The normalized spacial score (nSPS) is 13.9. The summed E-state index contributed by atoms with van der Waals surface area (Å²) in [7, 11) is 0. The van der Waals surface area contributed by atoms with E-state index in [2.05, 4.69) is 11.8 Å². The highest BCUT2D eigenvalue weighted by molar-refractivity contribution is 5.32. The van der Waals surface area contributed by atoms with Crippen molar-refractivity contribution >= 4 is 0 Å². The lowest BCUT2D eigenvalue weighted by Crippen LogP contribution is -2.32. The largest absolute Gasteiger partial charge is 0.395 e. The van der Waals surface area contributed by atoms with Crippen LogP contribution in [0.2, 0.25) is 0 Å². The molecule has 1 aromatic carbocycles. The molecule has 116 valence electrons. The Labute approximate surface area is 127 Å². The van der Waals surface area contributed by atoms with E-state index in [-0.39, 0.29) is 19.1 Å². The molecular formula is C17H25NO3. The van der Waals surface area contributed by atoms with Gasteiger partial charge in [0.1, 0.15) is 0 Å². The SMILES string of the molecule is CC(C)[C@@](O)(C#CCN(CCO)CCO)c1ccccc1. The lowest BCUT2D eigenvalue weighted by atomic mass is 9.84. The lowest BCUT2D eigenvalue weighted by Gasteiger charge is -2.27. The summed E-state index contributed by atoms with van der Waals surface area (Å²) < 4.78 is 0. The van der Waals surface area contributed by atoms with Gasteiger partial charge in [-0.3, -0.25) is 4.90 Å².